The highest BCUT2D eigenvalue weighted by molar-refractivity contribution is 7.99. The van der Waals surface area contributed by atoms with E-state index >= 15 is 0 Å². The van der Waals surface area contributed by atoms with Crippen LogP contribution in [-0.2, 0) is 0 Å². The quantitative estimate of drug-likeness (QED) is 0.360. The van der Waals surface area contributed by atoms with E-state index in [1.54, 1.807) is 23.7 Å². The van der Waals surface area contributed by atoms with Crippen LogP contribution < -0.4 is 0 Å². The standard InChI is InChI=1S/C7H5NS.C4H8S.2C2H3N3.4CH4/c1-2-4-7-6(3-1)8-5-9-7;1-2-4-5-3-1;1-3-2-5-4-1;1-2-4-5-3-1;;;;/h1-5H;1-4H2;2*1-2H,(H,3,4,5);4*1H4. The predicted octanol–water partition coefficient (Wildman–Crippen LogP) is 5.96. The summed E-state index contributed by atoms with van der Waals surface area (Å²) in [6.07, 6.45) is 9.05. The third-order valence-corrected chi connectivity index (χ3v) is 4.69. The van der Waals surface area contributed by atoms with E-state index in [-0.39, 0.29) is 29.7 Å². The van der Waals surface area contributed by atoms with Gasteiger partial charge >= 0.3 is 0 Å². The molecule has 2 N–H and O–H groups in total. The Morgan fingerprint density at radius 3 is 1.93 bits per heavy atom. The molecule has 0 bridgehead atoms. The average Bonchev–Trinajstić information content (AvgIpc) is 3.48. The van der Waals surface area contributed by atoms with Crippen molar-refractivity contribution in [1.29, 1.82) is 0 Å². The second-order valence-electron chi connectivity index (χ2n) is 4.45. The van der Waals surface area contributed by atoms with Gasteiger partial charge < -0.3 is 0 Å². The van der Waals surface area contributed by atoms with Gasteiger partial charge in [-0.1, -0.05) is 41.8 Å². The van der Waals surface area contributed by atoms with Gasteiger partial charge in [0.1, 0.15) is 12.7 Å². The summed E-state index contributed by atoms with van der Waals surface area (Å²) in [5.74, 6) is 2.83. The molecule has 0 amide bonds. The van der Waals surface area contributed by atoms with Gasteiger partial charge in [0, 0.05) is 0 Å². The Kier molecular flexibility index (Phi) is 22.9. The second kappa shape index (κ2) is 21.0. The van der Waals surface area contributed by atoms with E-state index in [1.165, 1.54) is 41.7 Å². The van der Waals surface area contributed by atoms with Gasteiger partial charge in [-0.25, -0.2) is 9.97 Å². The Hall–Kier alpha value is -2.26. The monoisotopic (exact) mass is 425 g/mol. The molecule has 7 nitrogen and oxygen atoms in total. The van der Waals surface area contributed by atoms with E-state index < -0.39 is 0 Å². The fourth-order valence-electron chi connectivity index (χ4n) is 1.65. The molecule has 1 fully saturated rings. The first-order valence-corrected chi connectivity index (χ1v) is 9.44. The fourth-order valence-corrected chi connectivity index (χ4v) is 3.35. The highest BCUT2D eigenvalue weighted by atomic mass is 32.2. The highest BCUT2D eigenvalue weighted by Gasteiger charge is 1.95. The number of benzene rings is 1. The first kappa shape index (κ1) is 30.5. The number of para-hydroxylation sites is 1. The number of thioether (sulfide) groups is 1. The first-order chi connectivity index (χ1) is 12.0. The number of fused-ring (bicyclic) bond motifs is 1. The number of H-pyrrole nitrogens is 2. The third kappa shape index (κ3) is 13.9. The molecule has 28 heavy (non-hydrogen) atoms. The number of nitrogens with zero attached hydrogens (tertiary/aromatic N) is 5. The summed E-state index contributed by atoms with van der Waals surface area (Å²) in [5, 5.41) is 15.3. The van der Waals surface area contributed by atoms with Crippen molar-refractivity contribution < 1.29 is 0 Å². The van der Waals surface area contributed by atoms with Gasteiger partial charge in [-0.3, -0.25) is 5.10 Å². The lowest BCUT2D eigenvalue weighted by atomic mass is 10.3. The summed E-state index contributed by atoms with van der Waals surface area (Å²) < 4.78 is 1.26. The minimum absolute atomic E-state index is 0. The summed E-state index contributed by atoms with van der Waals surface area (Å²) >= 11 is 3.75. The van der Waals surface area contributed by atoms with Crippen molar-refractivity contribution in [2.75, 3.05) is 11.5 Å². The topological polar surface area (TPSA) is 96.0 Å². The molecule has 0 saturated carbocycles. The second-order valence-corrected chi connectivity index (χ2v) is 6.56. The van der Waals surface area contributed by atoms with Gasteiger partial charge in [-0.2, -0.15) is 32.3 Å². The fraction of sp³-hybridized carbons (Fsp3) is 0.421. The van der Waals surface area contributed by atoms with Crippen LogP contribution in [0.15, 0.2) is 54.8 Å². The van der Waals surface area contributed by atoms with Crippen molar-refractivity contribution in [2.45, 2.75) is 42.5 Å². The van der Waals surface area contributed by atoms with Gasteiger partial charge in [0.25, 0.3) is 0 Å². The Labute approximate surface area is 177 Å². The van der Waals surface area contributed by atoms with Crippen LogP contribution in [0.3, 0.4) is 0 Å². The average molecular weight is 426 g/mol. The Morgan fingerprint density at radius 2 is 1.54 bits per heavy atom. The molecule has 9 heteroatoms. The van der Waals surface area contributed by atoms with Crippen molar-refractivity contribution in [3.8, 4) is 0 Å². The van der Waals surface area contributed by atoms with Crippen LogP contribution in [0.25, 0.3) is 10.2 Å². The molecule has 158 valence electrons. The van der Waals surface area contributed by atoms with Gasteiger partial charge in [-0.05, 0) is 36.5 Å². The molecular weight excluding hydrogens is 390 g/mol. The predicted molar refractivity (Wildman–Crippen MR) is 126 cm³/mol. The summed E-state index contributed by atoms with van der Waals surface area (Å²) in [5.41, 5.74) is 2.97. The van der Waals surface area contributed by atoms with Crippen LogP contribution in [-0.4, -0.2) is 47.1 Å². The van der Waals surface area contributed by atoms with Crippen molar-refractivity contribution in [3.63, 3.8) is 0 Å². The molecule has 1 aliphatic heterocycles. The minimum atomic E-state index is 0. The molecular formula is C19H35N7S2. The molecule has 0 spiro atoms. The number of aromatic nitrogens is 7. The third-order valence-electron chi connectivity index (χ3n) is 2.73. The van der Waals surface area contributed by atoms with Crippen LogP contribution in [0, 0.1) is 0 Å². The highest BCUT2D eigenvalue weighted by Crippen LogP contribution is 2.15. The van der Waals surface area contributed by atoms with E-state index in [0.717, 1.165) is 5.52 Å². The lowest BCUT2D eigenvalue weighted by Gasteiger charge is -1.80. The zero-order valence-corrected chi connectivity index (χ0v) is 14.7. The number of thiazole rings is 1. The zero-order valence-electron chi connectivity index (χ0n) is 13.1. The van der Waals surface area contributed by atoms with Crippen LogP contribution >= 0.6 is 23.1 Å². The Morgan fingerprint density at radius 1 is 0.857 bits per heavy atom. The maximum atomic E-state index is 4.14. The summed E-state index contributed by atoms with van der Waals surface area (Å²) in [6.45, 7) is 0. The van der Waals surface area contributed by atoms with E-state index in [9.17, 15) is 0 Å². The SMILES string of the molecule is C.C.C.C.C1CCSC1.c1ccc2scnc2c1.c1cn[nH]n1.c1nc[nH]n1. The number of hydrogen-bond donors (Lipinski definition) is 2. The van der Waals surface area contributed by atoms with E-state index in [0.29, 0.717) is 0 Å². The van der Waals surface area contributed by atoms with Gasteiger partial charge in [0.05, 0.1) is 28.1 Å². The molecule has 1 aromatic carbocycles. The summed E-state index contributed by atoms with van der Waals surface area (Å²) in [4.78, 5) is 7.69. The van der Waals surface area contributed by atoms with Crippen molar-refractivity contribution in [2.24, 2.45) is 0 Å². The number of aromatic amines is 2. The van der Waals surface area contributed by atoms with Crippen LogP contribution in [0.4, 0.5) is 0 Å². The van der Waals surface area contributed by atoms with Crippen molar-refractivity contribution in [1.82, 2.24) is 35.6 Å². The maximum absolute atomic E-state index is 4.14. The molecule has 5 rings (SSSR count). The van der Waals surface area contributed by atoms with Gasteiger partial charge in [0.2, 0.25) is 0 Å². The van der Waals surface area contributed by atoms with Crippen LogP contribution in [0.2, 0.25) is 0 Å². The van der Waals surface area contributed by atoms with Gasteiger partial charge in [0.15, 0.2) is 0 Å². The molecule has 4 aromatic rings. The van der Waals surface area contributed by atoms with Crippen molar-refractivity contribution in [3.05, 3.63) is 54.8 Å². The molecule has 4 heterocycles. The minimum Gasteiger partial charge on any atom is -0.266 e. The van der Waals surface area contributed by atoms with E-state index in [1.807, 2.05) is 23.7 Å². The van der Waals surface area contributed by atoms with Crippen LogP contribution in [0.1, 0.15) is 42.5 Å². The summed E-state index contributed by atoms with van der Waals surface area (Å²) in [7, 11) is 0. The molecule has 1 aliphatic rings. The van der Waals surface area contributed by atoms with Gasteiger partial charge in [-0.15, -0.1) is 11.3 Å². The zero-order chi connectivity index (χ0) is 16.7. The molecule has 3 aromatic heterocycles. The molecule has 0 radical (unpaired) electrons. The Bertz CT molecular complexity index is 625. The lowest BCUT2D eigenvalue weighted by Crippen LogP contribution is -1.61. The lowest BCUT2D eigenvalue weighted by molar-refractivity contribution is 0.940. The summed E-state index contributed by atoms with van der Waals surface area (Å²) in [6, 6.07) is 8.13. The largest absolute Gasteiger partial charge is 0.266 e. The van der Waals surface area contributed by atoms with E-state index in [4.69, 9.17) is 0 Å². The number of hydrogen-bond acceptors (Lipinski definition) is 7. The van der Waals surface area contributed by atoms with Crippen molar-refractivity contribution >= 4 is 33.3 Å². The molecule has 0 aliphatic carbocycles. The normalized spacial score (nSPS) is 10.4. The smallest absolute Gasteiger partial charge is 0.137 e. The number of nitrogens with one attached hydrogen (secondary N) is 2. The molecule has 0 atom stereocenters. The molecule has 0 unspecified atom stereocenters. The van der Waals surface area contributed by atoms with E-state index in [2.05, 4.69) is 53.4 Å². The van der Waals surface area contributed by atoms with Crippen LogP contribution in [0.5, 0.6) is 0 Å². The molecule has 1 saturated heterocycles. The first-order valence-electron chi connectivity index (χ1n) is 7.41. The maximum Gasteiger partial charge on any atom is 0.137 e. The number of rotatable bonds is 0. The Balaban J connectivity index is -0.000000295.